The maximum Gasteiger partial charge on any atom is 0.379 e. The van der Waals surface area contributed by atoms with E-state index in [2.05, 4.69) is 9.64 Å². The number of Topliss-reactive ketones (excluding diaryl/α,β-unsaturated/α-hetero) is 1. The molecule has 1 aromatic carbocycles. The second-order valence-electron chi connectivity index (χ2n) is 4.20. The SMILES string of the molecule is CCOC(=O)C(=O)c1ccc(N2CCOCC2)cc1. The number of anilines is 1. The third-order valence-electron chi connectivity index (χ3n) is 2.97. The Hall–Kier alpha value is -1.88. The second-order valence-corrected chi connectivity index (χ2v) is 4.20. The normalized spacial score (nSPS) is 15.1. The van der Waals surface area contributed by atoms with Crippen molar-refractivity contribution in [2.24, 2.45) is 0 Å². The highest BCUT2D eigenvalue weighted by atomic mass is 16.5. The topological polar surface area (TPSA) is 55.8 Å². The Labute approximate surface area is 112 Å². The number of morpholine rings is 1. The molecule has 1 heterocycles. The fraction of sp³-hybridized carbons (Fsp3) is 0.429. The number of carbonyl (C=O) groups excluding carboxylic acids is 2. The van der Waals surface area contributed by atoms with E-state index in [0.29, 0.717) is 18.8 Å². The first-order chi connectivity index (χ1) is 9.22. The number of hydrogen-bond acceptors (Lipinski definition) is 5. The molecule has 1 aliphatic heterocycles. The van der Waals surface area contributed by atoms with Gasteiger partial charge in [-0.1, -0.05) is 0 Å². The van der Waals surface area contributed by atoms with E-state index in [4.69, 9.17) is 4.74 Å². The zero-order valence-electron chi connectivity index (χ0n) is 10.9. The molecule has 0 saturated carbocycles. The molecule has 1 aromatic rings. The highest BCUT2D eigenvalue weighted by molar-refractivity contribution is 6.40. The second kappa shape index (κ2) is 6.33. The largest absolute Gasteiger partial charge is 0.460 e. The van der Waals surface area contributed by atoms with Gasteiger partial charge in [-0.05, 0) is 31.2 Å². The Bertz CT molecular complexity index is 449. The minimum absolute atomic E-state index is 0.205. The number of ether oxygens (including phenoxy) is 2. The van der Waals surface area contributed by atoms with E-state index in [1.807, 2.05) is 12.1 Å². The molecular formula is C14H17NO4. The summed E-state index contributed by atoms with van der Waals surface area (Å²) in [5.74, 6) is -1.41. The van der Waals surface area contributed by atoms with Gasteiger partial charge in [-0.3, -0.25) is 4.79 Å². The molecule has 0 unspecified atom stereocenters. The van der Waals surface area contributed by atoms with E-state index >= 15 is 0 Å². The van der Waals surface area contributed by atoms with Gasteiger partial charge in [-0.2, -0.15) is 0 Å². The smallest absolute Gasteiger partial charge is 0.379 e. The summed E-state index contributed by atoms with van der Waals surface area (Å²) in [7, 11) is 0. The Morgan fingerprint density at radius 1 is 1.21 bits per heavy atom. The Morgan fingerprint density at radius 2 is 1.84 bits per heavy atom. The van der Waals surface area contributed by atoms with Crippen LogP contribution < -0.4 is 4.90 Å². The van der Waals surface area contributed by atoms with Crippen molar-refractivity contribution in [3.8, 4) is 0 Å². The summed E-state index contributed by atoms with van der Waals surface area (Å²) < 4.78 is 9.97. The van der Waals surface area contributed by atoms with Crippen LogP contribution in [0.3, 0.4) is 0 Å². The van der Waals surface area contributed by atoms with Crippen LogP contribution in [-0.2, 0) is 14.3 Å². The van der Waals surface area contributed by atoms with Crippen LogP contribution in [0, 0.1) is 0 Å². The maximum atomic E-state index is 11.7. The van der Waals surface area contributed by atoms with Gasteiger partial charge in [0.15, 0.2) is 0 Å². The van der Waals surface area contributed by atoms with Gasteiger partial charge in [-0.15, -0.1) is 0 Å². The number of benzene rings is 1. The lowest BCUT2D eigenvalue weighted by molar-refractivity contribution is -0.137. The van der Waals surface area contributed by atoms with Gasteiger partial charge in [-0.25, -0.2) is 4.79 Å². The lowest BCUT2D eigenvalue weighted by Crippen LogP contribution is -2.36. The fourth-order valence-electron chi connectivity index (χ4n) is 1.96. The average Bonchev–Trinajstić information content (AvgIpc) is 2.48. The van der Waals surface area contributed by atoms with Gasteiger partial charge in [0.05, 0.1) is 19.8 Å². The Kier molecular flexibility index (Phi) is 4.52. The zero-order chi connectivity index (χ0) is 13.7. The molecule has 1 aliphatic rings. The molecule has 1 fully saturated rings. The van der Waals surface area contributed by atoms with Crippen molar-refractivity contribution in [3.05, 3.63) is 29.8 Å². The predicted octanol–water partition coefficient (Wildman–Crippen LogP) is 1.27. The van der Waals surface area contributed by atoms with Crippen molar-refractivity contribution in [1.29, 1.82) is 0 Å². The Balaban J connectivity index is 2.05. The molecule has 5 heteroatoms. The van der Waals surface area contributed by atoms with Crippen molar-refractivity contribution < 1.29 is 19.1 Å². The molecule has 0 amide bonds. The molecular weight excluding hydrogens is 246 g/mol. The third-order valence-corrected chi connectivity index (χ3v) is 2.97. The molecule has 0 radical (unpaired) electrons. The van der Waals surface area contributed by atoms with Crippen molar-refractivity contribution in [1.82, 2.24) is 0 Å². The first-order valence-corrected chi connectivity index (χ1v) is 6.36. The van der Waals surface area contributed by atoms with Crippen molar-refractivity contribution in [2.45, 2.75) is 6.92 Å². The minimum atomic E-state index is -0.804. The Morgan fingerprint density at radius 3 is 2.42 bits per heavy atom. The summed E-state index contributed by atoms with van der Waals surface area (Å²) in [4.78, 5) is 25.2. The summed E-state index contributed by atoms with van der Waals surface area (Å²) in [5, 5.41) is 0. The number of carbonyl (C=O) groups is 2. The van der Waals surface area contributed by atoms with E-state index in [1.165, 1.54) is 0 Å². The molecule has 0 N–H and O–H groups in total. The predicted molar refractivity (Wildman–Crippen MR) is 70.4 cm³/mol. The van der Waals surface area contributed by atoms with Gasteiger partial charge in [0.2, 0.25) is 0 Å². The quantitative estimate of drug-likeness (QED) is 0.465. The van der Waals surface area contributed by atoms with Crippen molar-refractivity contribution in [3.63, 3.8) is 0 Å². The van der Waals surface area contributed by atoms with Gasteiger partial charge in [0, 0.05) is 24.3 Å². The summed E-state index contributed by atoms with van der Waals surface area (Å²) in [6.07, 6.45) is 0. The monoisotopic (exact) mass is 263 g/mol. The minimum Gasteiger partial charge on any atom is -0.460 e. The molecule has 2 rings (SSSR count). The first kappa shape index (κ1) is 13.5. The van der Waals surface area contributed by atoms with Crippen LogP contribution in [0.15, 0.2) is 24.3 Å². The summed E-state index contributed by atoms with van der Waals surface area (Å²) in [6.45, 7) is 4.98. The number of nitrogens with zero attached hydrogens (tertiary/aromatic N) is 1. The van der Waals surface area contributed by atoms with E-state index in [9.17, 15) is 9.59 Å². The van der Waals surface area contributed by atoms with Crippen LogP contribution in [0.5, 0.6) is 0 Å². The fourth-order valence-corrected chi connectivity index (χ4v) is 1.96. The summed E-state index contributed by atoms with van der Waals surface area (Å²) in [6, 6.07) is 7.00. The van der Waals surface area contributed by atoms with Gasteiger partial charge in [0.1, 0.15) is 0 Å². The molecule has 5 nitrogen and oxygen atoms in total. The molecule has 19 heavy (non-hydrogen) atoms. The summed E-state index contributed by atoms with van der Waals surface area (Å²) >= 11 is 0. The van der Waals surface area contributed by atoms with E-state index < -0.39 is 11.8 Å². The highest BCUT2D eigenvalue weighted by Gasteiger charge is 2.18. The lowest BCUT2D eigenvalue weighted by Gasteiger charge is -2.28. The van der Waals surface area contributed by atoms with Crippen LogP contribution in [0.25, 0.3) is 0 Å². The number of ketones is 1. The van der Waals surface area contributed by atoms with Crippen LogP contribution in [-0.4, -0.2) is 44.7 Å². The molecule has 1 saturated heterocycles. The zero-order valence-corrected chi connectivity index (χ0v) is 10.9. The van der Waals surface area contributed by atoms with Crippen LogP contribution >= 0.6 is 0 Å². The van der Waals surface area contributed by atoms with Crippen LogP contribution in [0.4, 0.5) is 5.69 Å². The summed E-state index contributed by atoms with van der Waals surface area (Å²) in [5.41, 5.74) is 1.39. The van der Waals surface area contributed by atoms with Gasteiger partial charge >= 0.3 is 5.97 Å². The molecule has 0 bridgehead atoms. The van der Waals surface area contributed by atoms with E-state index in [1.54, 1.807) is 19.1 Å². The van der Waals surface area contributed by atoms with Gasteiger partial charge < -0.3 is 14.4 Å². The van der Waals surface area contributed by atoms with E-state index in [0.717, 1.165) is 18.8 Å². The van der Waals surface area contributed by atoms with Gasteiger partial charge in [0.25, 0.3) is 5.78 Å². The van der Waals surface area contributed by atoms with Crippen LogP contribution in [0.1, 0.15) is 17.3 Å². The van der Waals surface area contributed by atoms with Crippen molar-refractivity contribution in [2.75, 3.05) is 37.8 Å². The van der Waals surface area contributed by atoms with E-state index in [-0.39, 0.29) is 6.61 Å². The average molecular weight is 263 g/mol. The molecule has 102 valence electrons. The molecule has 0 aromatic heterocycles. The first-order valence-electron chi connectivity index (χ1n) is 6.36. The third kappa shape index (κ3) is 3.32. The highest BCUT2D eigenvalue weighted by Crippen LogP contribution is 2.17. The number of esters is 1. The molecule has 0 spiro atoms. The van der Waals surface area contributed by atoms with Crippen LogP contribution in [0.2, 0.25) is 0 Å². The standard InChI is InChI=1S/C14H17NO4/c1-2-19-14(17)13(16)11-3-5-12(6-4-11)15-7-9-18-10-8-15/h3-6H,2,7-10H2,1H3. The number of rotatable bonds is 4. The molecule has 0 atom stereocenters. The lowest BCUT2D eigenvalue weighted by atomic mass is 10.1. The van der Waals surface area contributed by atoms with Crippen molar-refractivity contribution >= 4 is 17.4 Å². The molecule has 0 aliphatic carbocycles. The number of hydrogen-bond donors (Lipinski definition) is 0. The maximum absolute atomic E-state index is 11.7.